The molecule has 110 valence electrons. The summed E-state index contributed by atoms with van der Waals surface area (Å²) in [4.78, 5) is 12.0. The third-order valence-corrected chi connectivity index (χ3v) is 3.33. The molecule has 2 aromatic carbocycles. The lowest BCUT2D eigenvalue weighted by atomic mass is 10.1. The number of aromatic hydroxyl groups is 1. The predicted molar refractivity (Wildman–Crippen MR) is 80.8 cm³/mol. The van der Waals surface area contributed by atoms with Crippen LogP contribution in [-0.2, 0) is 11.2 Å². The number of carbonyl (C=O) groups is 1. The summed E-state index contributed by atoms with van der Waals surface area (Å²) in [5.41, 5.74) is 1.61. The van der Waals surface area contributed by atoms with Crippen molar-refractivity contribution in [1.82, 2.24) is 5.32 Å². The quantitative estimate of drug-likeness (QED) is 0.762. The van der Waals surface area contributed by atoms with Gasteiger partial charge in [-0.2, -0.15) is 0 Å². The number of aliphatic hydroxyl groups is 1. The van der Waals surface area contributed by atoms with Crippen molar-refractivity contribution in [3.63, 3.8) is 0 Å². The number of aryl methyl sites for hydroxylation is 1. The Morgan fingerprint density at radius 2 is 1.71 bits per heavy atom. The molecule has 4 heteroatoms. The van der Waals surface area contributed by atoms with Gasteiger partial charge in [-0.1, -0.05) is 48.5 Å². The number of carbonyl (C=O) groups excluding carboxylic acids is 1. The second-order valence-electron chi connectivity index (χ2n) is 4.84. The molecule has 0 unspecified atom stereocenters. The summed E-state index contributed by atoms with van der Waals surface area (Å²) in [7, 11) is 0. The maximum Gasteiger partial charge on any atom is 0.220 e. The first-order valence-corrected chi connectivity index (χ1v) is 6.92. The van der Waals surface area contributed by atoms with Gasteiger partial charge < -0.3 is 15.5 Å². The highest BCUT2D eigenvalue weighted by Crippen LogP contribution is 2.17. The zero-order valence-electron chi connectivity index (χ0n) is 11.7. The van der Waals surface area contributed by atoms with Gasteiger partial charge in [-0.3, -0.25) is 4.79 Å². The first-order chi connectivity index (χ1) is 10.2. The van der Waals surface area contributed by atoms with E-state index in [0.717, 1.165) is 11.1 Å². The fourth-order valence-corrected chi connectivity index (χ4v) is 2.16. The number of phenolic OH excluding ortho intramolecular Hbond substituents is 1. The number of phenols is 1. The molecule has 0 aromatic heterocycles. The highest BCUT2D eigenvalue weighted by atomic mass is 16.3. The molecule has 1 amide bonds. The summed E-state index contributed by atoms with van der Waals surface area (Å²) < 4.78 is 0. The molecule has 4 nitrogen and oxygen atoms in total. The van der Waals surface area contributed by atoms with E-state index < -0.39 is 6.04 Å². The van der Waals surface area contributed by atoms with Crippen molar-refractivity contribution < 1.29 is 15.0 Å². The van der Waals surface area contributed by atoms with Gasteiger partial charge in [0.25, 0.3) is 0 Å². The number of rotatable bonds is 6. The predicted octanol–water partition coefficient (Wildman–Crippen LogP) is 2.17. The van der Waals surface area contributed by atoms with E-state index in [9.17, 15) is 15.0 Å². The second-order valence-corrected chi connectivity index (χ2v) is 4.84. The molecule has 0 saturated heterocycles. The summed E-state index contributed by atoms with van der Waals surface area (Å²) in [6.45, 7) is -0.146. The van der Waals surface area contributed by atoms with E-state index in [2.05, 4.69) is 5.32 Å². The van der Waals surface area contributed by atoms with Gasteiger partial charge in [0.2, 0.25) is 5.91 Å². The molecule has 21 heavy (non-hydrogen) atoms. The number of nitrogens with one attached hydrogen (secondary N) is 1. The molecule has 0 fully saturated rings. The van der Waals surface area contributed by atoms with Crippen molar-refractivity contribution in [2.45, 2.75) is 18.9 Å². The van der Waals surface area contributed by atoms with Crippen molar-refractivity contribution in [2.24, 2.45) is 0 Å². The summed E-state index contributed by atoms with van der Waals surface area (Å²) in [5, 5.41) is 21.9. The molecule has 0 heterocycles. The van der Waals surface area contributed by atoms with Crippen LogP contribution in [0.3, 0.4) is 0 Å². The zero-order chi connectivity index (χ0) is 15.1. The Balaban J connectivity index is 1.90. The van der Waals surface area contributed by atoms with Crippen molar-refractivity contribution in [1.29, 1.82) is 0 Å². The number of hydrogen-bond acceptors (Lipinski definition) is 3. The summed E-state index contributed by atoms with van der Waals surface area (Å²) in [6.07, 6.45) is 0.729. The lowest BCUT2D eigenvalue weighted by Crippen LogP contribution is -2.30. The van der Waals surface area contributed by atoms with Crippen LogP contribution in [0.15, 0.2) is 54.6 Å². The highest BCUT2D eigenvalue weighted by molar-refractivity contribution is 5.76. The molecule has 2 aromatic rings. The molecular formula is C17H19NO3. The minimum atomic E-state index is -0.400. The van der Waals surface area contributed by atoms with Crippen LogP contribution in [0.1, 0.15) is 23.6 Å². The fourth-order valence-electron chi connectivity index (χ4n) is 2.16. The number of aliphatic hydroxyl groups excluding tert-OH is 1. The Hall–Kier alpha value is -2.33. The third kappa shape index (κ3) is 4.33. The smallest absolute Gasteiger partial charge is 0.220 e. The highest BCUT2D eigenvalue weighted by Gasteiger charge is 2.13. The Kier molecular flexibility index (Phi) is 5.35. The molecule has 0 aliphatic rings. The average Bonchev–Trinajstić information content (AvgIpc) is 2.52. The average molecular weight is 285 g/mol. The van der Waals surface area contributed by atoms with E-state index in [1.54, 1.807) is 18.2 Å². The lowest BCUT2D eigenvalue weighted by molar-refractivity contribution is -0.122. The summed E-state index contributed by atoms with van der Waals surface area (Å²) in [5.74, 6) is 0.0493. The Morgan fingerprint density at radius 3 is 2.38 bits per heavy atom. The van der Waals surface area contributed by atoms with Crippen LogP contribution >= 0.6 is 0 Å². The van der Waals surface area contributed by atoms with Crippen LogP contribution in [0.25, 0.3) is 0 Å². The van der Waals surface area contributed by atoms with E-state index >= 15 is 0 Å². The number of para-hydroxylation sites is 1. The number of hydrogen-bond donors (Lipinski definition) is 3. The van der Waals surface area contributed by atoms with Crippen LogP contribution in [-0.4, -0.2) is 22.7 Å². The molecule has 3 N–H and O–H groups in total. The normalized spacial score (nSPS) is 11.9. The van der Waals surface area contributed by atoms with Crippen LogP contribution in [0.5, 0.6) is 5.75 Å². The van der Waals surface area contributed by atoms with Crippen LogP contribution in [0.2, 0.25) is 0 Å². The van der Waals surface area contributed by atoms with Gasteiger partial charge >= 0.3 is 0 Å². The number of amides is 1. The monoisotopic (exact) mass is 285 g/mol. The van der Waals surface area contributed by atoms with Crippen molar-refractivity contribution in [2.75, 3.05) is 6.61 Å². The van der Waals surface area contributed by atoms with Gasteiger partial charge in [-0.15, -0.1) is 0 Å². The first-order valence-electron chi connectivity index (χ1n) is 6.92. The van der Waals surface area contributed by atoms with E-state index in [4.69, 9.17) is 0 Å². The van der Waals surface area contributed by atoms with Crippen molar-refractivity contribution in [3.05, 3.63) is 65.7 Å². The summed E-state index contributed by atoms with van der Waals surface area (Å²) >= 11 is 0. The lowest BCUT2D eigenvalue weighted by Gasteiger charge is -2.16. The molecule has 0 aliphatic carbocycles. The van der Waals surface area contributed by atoms with Gasteiger partial charge in [0.15, 0.2) is 0 Å². The topological polar surface area (TPSA) is 69.6 Å². The van der Waals surface area contributed by atoms with Gasteiger partial charge in [-0.05, 0) is 23.6 Å². The second kappa shape index (κ2) is 7.45. The van der Waals surface area contributed by atoms with Crippen LogP contribution < -0.4 is 5.32 Å². The Labute approximate surface area is 124 Å². The maximum atomic E-state index is 12.0. The minimum Gasteiger partial charge on any atom is -0.508 e. The SMILES string of the molecule is O=C(CCc1ccccc1O)N[C@H](CO)c1ccccc1. The maximum absolute atomic E-state index is 12.0. The first kappa shape index (κ1) is 15.1. The summed E-state index contributed by atoms with van der Waals surface area (Å²) in [6, 6.07) is 15.9. The molecule has 0 aliphatic heterocycles. The van der Waals surface area contributed by atoms with Crippen molar-refractivity contribution >= 4 is 5.91 Å². The van der Waals surface area contributed by atoms with E-state index in [1.807, 2.05) is 36.4 Å². The molecular weight excluding hydrogens is 266 g/mol. The van der Waals surface area contributed by atoms with E-state index in [-0.39, 0.29) is 24.7 Å². The molecule has 0 spiro atoms. The molecule has 0 radical (unpaired) electrons. The number of benzene rings is 2. The third-order valence-electron chi connectivity index (χ3n) is 3.33. The van der Waals surface area contributed by atoms with Crippen LogP contribution in [0.4, 0.5) is 0 Å². The van der Waals surface area contributed by atoms with Gasteiger partial charge in [0, 0.05) is 6.42 Å². The minimum absolute atomic E-state index is 0.146. The van der Waals surface area contributed by atoms with Gasteiger partial charge in [0.1, 0.15) is 5.75 Å². The van der Waals surface area contributed by atoms with E-state index in [0.29, 0.717) is 6.42 Å². The Bertz CT molecular complexity index is 584. The van der Waals surface area contributed by atoms with Crippen molar-refractivity contribution in [3.8, 4) is 5.75 Å². The van der Waals surface area contributed by atoms with Crippen LogP contribution in [0, 0.1) is 0 Å². The Morgan fingerprint density at radius 1 is 1.05 bits per heavy atom. The molecule has 0 bridgehead atoms. The van der Waals surface area contributed by atoms with Gasteiger partial charge in [-0.25, -0.2) is 0 Å². The van der Waals surface area contributed by atoms with Gasteiger partial charge in [0.05, 0.1) is 12.6 Å². The largest absolute Gasteiger partial charge is 0.508 e. The standard InChI is InChI=1S/C17H19NO3/c19-12-15(13-6-2-1-3-7-13)18-17(21)11-10-14-8-4-5-9-16(14)20/h1-9,15,19-20H,10-12H2,(H,18,21)/t15-/m1/s1. The fraction of sp³-hybridized carbons (Fsp3) is 0.235. The zero-order valence-corrected chi connectivity index (χ0v) is 11.7. The van der Waals surface area contributed by atoms with E-state index in [1.165, 1.54) is 0 Å². The molecule has 0 saturated carbocycles. The molecule has 1 atom stereocenters. The molecule has 2 rings (SSSR count).